The molecule has 110 valence electrons. The highest BCUT2D eigenvalue weighted by Crippen LogP contribution is 2.32. The molecule has 1 aliphatic carbocycles. The molecule has 0 aromatic carbocycles. The molecule has 0 radical (unpaired) electrons. The minimum Gasteiger partial charge on any atom is -0.480 e. The predicted octanol–water partition coefficient (Wildman–Crippen LogP) is 2.44. The number of aromatic nitrogens is 1. The molecule has 1 fully saturated rings. The Hall–Kier alpha value is -1.78. The van der Waals surface area contributed by atoms with Crippen LogP contribution in [0, 0.1) is 5.41 Å². The molecule has 1 aromatic heterocycles. The van der Waals surface area contributed by atoms with Gasteiger partial charge in [0.05, 0.1) is 0 Å². The van der Waals surface area contributed by atoms with Crippen LogP contribution in [-0.2, 0) is 4.79 Å². The third kappa shape index (κ3) is 2.86. The van der Waals surface area contributed by atoms with Crippen molar-refractivity contribution in [3.05, 3.63) is 24.0 Å². The van der Waals surface area contributed by atoms with Crippen molar-refractivity contribution in [3.8, 4) is 0 Å². The van der Waals surface area contributed by atoms with Crippen molar-refractivity contribution in [1.82, 2.24) is 9.88 Å². The first-order valence-electron chi connectivity index (χ1n) is 7.01. The van der Waals surface area contributed by atoms with Crippen LogP contribution >= 0.6 is 0 Å². The van der Waals surface area contributed by atoms with E-state index in [9.17, 15) is 14.7 Å². The van der Waals surface area contributed by atoms with Gasteiger partial charge < -0.3 is 15.0 Å². The summed E-state index contributed by atoms with van der Waals surface area (Å²) >= 11 is 0. The molecule has 0 saturated heterocycles. The first-order chi connectivity index (χ1) is 9.30. The first-order valence-corrected chi connectivity index (χ1v) is 7.01. The number of carbonyl (C=O) groups is 2. The monoisotopic (exact) mass is 278 g/mol. The maximum atomic E-state index is 12.3. The lowest BCUT2D eigenvalue weighted by Gasteiger charge is -2.30. The van der Waals surface area contributed by atoms with Crippen molar-refractivity contribution in [2.45, 2.75) is 52.1 Å². The number of amides is 1. The molecule has 20 heavy (non-hydrogen) atoms. The molecule has 5 nitrogen and oxygen atoms in total. The predicted molar refractivity (Wildman–Crippen MR) is 75.7 cm³/mol. The van der Waals surface area contributed by atoms with E-state index in [0.29, 0.717) is 11.7 Å². The van der Waals surface area contributed by atoms with Gasteiger partial charge in [-0.3, -0.25) is 4.79 Å². The van der Waals surface area contributed by atoms with Gasteiger partial charge in [-0.2, -0.15) is 0 Å². The SMILES string of the molecule is CC(C)(C)C(NC(=O)c1cccn1C1CCC1)C(=O)O. The van der Waals surface area contributed by atoms with Gasteiger partial charge in [-0.05, 0) is 36.8 Å². The molecular formula is C15H22N2O3. The molecule has 0 bridgehead atoms. The molecule has 2 N–H and O–H groups in total. The van der Waals surface area contributed by atoms with Crippen molar-refractivity contribution in [1.29, 1.82) is 0 Å². The fraction of sp³-hybridized carbons (Fsp3) is 0.600. The molecule has 1 aliphatic rings. The number of hydrogen-bond acceptors (Lipinski definition) is 2. The van der Waals surface area contributed by atoms with E-state index in [1.807, 2.05) is 16.8 Å². The van der Waals surface area contributed by atoms with Crippen molar-refractivity contribution < 1.29 is 14.7 Å². The van der Waals surface area contributed by atoms with E-state index >= 15 is 0 Å². The van der Waals surface area contributed by atoms with Gasteiger partial charge >= 0.3 is 5.97 Å². The second kappa shape index (κ2) is 5.31. The van der Waals surface area contributed by atoms with Crippen LogP contribution in [0.3, 0.4) is 0 Å². The van der Waals surface area contributed by atoms with Crippen LogP contribution in [0.1, 0.15) is 56.6 Å². The second-order valence-corrected chi connectivity index (χ2v) is 6.50. The van der Waals surface area contributed by atoms with E-state index in [2.05, 4.69) is 5.32 Å². The summed E-state index contributed by atoms with van der Waals surface area (Å²) in [4.78, 5) is 23.7. The average Bonchev–Trinajstić information content (AvgIpc) is 2.69. The molecule has 1 amide bonds. The van der Waals surface area contributed by atoms with Crippen LogP contribution in [0.15, 0.2) is 18.3 Å². The molecule has 1 aromatic rings. The largest absolute Gasteiger partial charge is 0.480 e. The molecule has 0 spiro atoms. The molecule has 0 aliphatic heterocycles. The maximum Gasteiger partial charge on any atom is 0.326 e. The number of carboxylic acids is 1. The Balaban J connectivity index is 2.15. The molecule has 1 heterocycles. The number of nitrogens with one attached hydrogen (secondary N) is 1. The molecule has 1 unspecified atom stereocenters. The van der Waals surface area contributed by atoms with Crippen LogP contribution in [0.5, 0.6) is 0 Å². The Kier molecular flexibility index (Phi) is 3.88. The van der Waals surface area contributed by atoms with Gasteiger partial charge in [0.15, 0.2) is 0 Å². The van der Waals surface area contributed by atoms with Crippen LogP contribution in [0.2, 0.25) is 0 Å². The highest BCUT2D eigenvalue weighted by molar-refractivity contribution is 5.95. The zero-order valence-electron chi connectivity index (χ0n) is 12.2. The summed E-state index contributed by atoms with van der Waals surface area (Å²) in [6.45, 7) is 5.41. The third-order valence-corrected chi connectivity index (χ3v) is 3.87. The van der Waals surface area contributed by atoms with E-state index in [1.54, 1.807) is 26.8 Å². The van der Waals surface area contributed by atoms with Gasteiger partial charge in [0.1, 0.15) is 11.7 Å². The maximum absolute atomic E-state index is 12.3. The van der Waals surface area contributed by atoms with Gasteiger partial charge in [-0.25, -0.2) is 4.79 Å². The Labute approximate surface area is 119 Å². The fourth-order valence-corrected chi connectivity index (χ4v) is 2.42. The van der Waals surface area contributed by atoms with Crippen molar-refractivity contribution in [3.63, 3.8) is 0 Å². The Morgan fingerprint density at radius 3 is 2.50 bits per heavy atom. The summed E-state index contributed by atoms with van der Waals surface area (Å²) in [6, 6.07) is 3.05. The van der Waals surface area contributed by atoms with E-state index in [1.165, 1.54) is 6.42 Å². The van der Waals surface area contributed by atoms with Crippen molar-refractivity contribution in [2.24, 2.45) is 5.41 Å². The number of nitrogens with zero attached hydrogens (tertiary/aromatic N) is 1. The van der Waals surface area contributed by atoms with Gasteiger partial charge in [0, 0.05) is 12.2 Å². The highest BCUT2D eigenvalue weighted by atomic mass is 16.4. The zero-order chi connectivity index (χ0) is 14.9. The number of carbonyl (C=O) groups excluding carboxylic acids is 1. The Bertz CT molecular complexity index is 509. The van der Waals surface area contributed by atoms with Crippen molar-refractivity contribution in [2.75, 3.05) is 0 Å². The minimum absolute atomic E-state index is 0.316. The molecule has 1 atom stereocenters. The molecule has 1 saturated carbocycles. The van der Waals surface area contributed by atoms with Crippen LogP contribution in [0.25, 0.3) is 0 Å². The number of carboxylic acid groups (broad SMARTS) is 1. The Morgan fingerprint density at radius 1 is 1.40 bits per heavy atom. The van der Waals surface area contributed by atoms with Crippen LogP contribution in [0.4, 0.5) is 0 Å². The second-order valence-electron chi connectivity index (χ2n) is 6.50. The molecule has 2 rings (SSSR count). The number of rotatable bonds is 4. The van der Waals surface area contributed by atoms with E-state index < -0.39 is 17.4 Å². The molecule has 5 heteroatoms. The van der Waals surface area contributed by atoms with Crippen LogP contribution < -0.4 is 5.32 Å². The fourth-order valence-electron chi connectivity index (χ4n) is 2.42. The summed E-state index contributed by atoms with van der Waals surface area (Å²) in [5.41, 5.74) is 0.0141. The summed E-state index contributed by atoms with van der Waals surface area (Å²) in [6.07, 6.45) is 5.24. The minimum atomic E-state index is -1.01. The van der Waals surface area contributed by atoms with Crippen LogP contribution in [-0.4, -0.2) is 27.6 Å². The van der Waals surface area contributed by atoms with E-state index in [0.717, 1.165) is 12.8 Å². The quantitative estimate of drug-likeness (QED) is 0.888. The normalized spacial score (nSPS) is 17.4. The van der Waals surface area contributed by atoms with Crippen molar-refractivity contribution >= 4 is 11.9 Å². The lowest BCUT2D eigenvalue weighted by molar-refractivity contribution is -0.142. The van der Waals surface area contributed by atoms with Gasteiger partial charge in [-0.1, -0.05) is 20.8 Å². The first kappa shape index (κ1) is 14.6. The number of aliphatic carboxylic acids is 1. The third-order valence-electron chi connectivity index (χ3n) is 3.87. The smallest absolute Gasteiger partial charge is 0.326 e. The van der Waals surface area contributed by atoms with Gasteiger partial charge in [0.25, 0.3) is 5.91 Å². The number of hydrogen-bond donors (Lipinski definition) is 2. The summed E-state index contributed by atoms with van der Waals surface area (Å²) in [5.74, 6) is -1.32. The van der Waals surface area contributed by atoms with E-state index in [-0.39, 0.29) is 5.91 Å². The van der Waals surface area contributed by atoms with Gasteiger partial charge in [-0.15, -0.1) is 0 Å². The zero-order valence-corrected chi connectivity index (χ0v) is 12.2. The Morgan fingerprint density at radius 2 is 2.05 bits per heavy atom. The lowest BCUT2D eigenvalue weighted by atomic mass is 9.86. The molecular weight excluding hydrogens is 256 g/mol. The topological polar surface area (TPSA) is 71.3 Å². The summed E-state index contributed by atoms with van der Waals surface area (Å²) in [7, 11) is 0. The standard InChI is InChI=1S/C15H22N2O3/c1-15(2,3)12(14(19)20)16-13(18)11-8-5-9-17(11)10-6-4-7-10/h5,8-10,12H,4,6-7H2,1-3H3,(H,16,18)(H,19,20). The lowest BCUT2D eigenvalue weighted by Crippen LogP contribution is -2.49. The average molecular weight is 278 g/mol. The highest BCUT2D eigenvalue weighted by Gasteiger charge is 2.33. The summed E-state index contributed by atoms with van der Waals surface area (Å²) in [5, 5.41) is 11.9. The van der Waals surface area contributed by atoms with Gasteiger partial charge in [0.2, 0.25) is 0 Å². The van der Waals surface area contributed by atoms with E-state index in [4.69, 9.17) is 0 Å². The summed E-state index contributed by atoms with van der Waals surface area (Å²) < 4.78 is 1.96.